The third kappa shape index (κ3) is 4.86. The predicted octanol–water partition coefficient (Wildman–Crippen LogP) is 3.66. The average molecular weight is 409 g/mol. The second kappa shape index (κ2) is 8.96. The van der Waals surface area contributed by atoms with E-state index >= 15 is 0 Å². The molecule has 0 fully saturated rings. The number of hydrogen-bond acceptors (Lipinski definition) is 4. The zero-order valence-electron chi connectivity index (χ0n) is 16.9. The van der Waals surface area contributed by atoms with Crippen LogP contribution in [0.15, 0.2) is 53.4 Å². The van der Waals surface area contributed by atoms with Crippen molar-refractivity contribution in [2.75, 3.05) is 5.75 Å². The molecule has 6 nitrogen and oxygen atoms in total. The fraction of sp³-hybridized carbons (Fsp3) is 0.227. The maximum atomic E-state index is 12.3. The van der Waals surface area contributed by atoms with Gasteiger partial charge in [0.2, 0.25) is 5.91 Å². The number of amides is 2. The van der Waals surface area contributed by atoms with Crippen LogP contribution in [0.5, 0.6) is 0 Å². The standard InChI is InChI=1S/C22H24N4O2S/c1-14-10-11-19(15(2)12-14)22(28)24-23-20(27)13-29-21-16(3)25-26(17(21)4)18-8-6-5-7-9-18/h5-12H,13H2,1-4H3,(H,23,27)(H,24,28). The normalized spacial score (nSPS) is 10.6. The molecule has 0 spiro atoms. The number of nitrogens with zero attached hydrogens (tertiary/aromatic N) is 2. The number of hydrogen-bond donors (Lipinski definition) is 2. The van der Waals surface area contributed by atoms with Crippen LogP contribution in [0.4, 0.5) is 0 Å². The van der Waals surface area contributed by atoms with Crippen molar-refractivity contribution in [2.45, 2.75) is 32.6 Å². The van der Waals surface area contributed by atoms with Crippen molar-refractivity contribution in [3.63, 3.8) is 0 Å². The summed E-state index contributed by atoms with van der Waals surface area (Å²) < 4.78 is 1.87. The first-order valence-electron chi connectivity index (χ1n) is 9.27. The number of benzene rings is 2. The molecule has 0 saturated carbocycles. The van der Waals surface area contributed by atoms with Crippen LogP contribution in [-0.4, -0.2) is 27.3 Å². The summed E-state index contributed by atoms with van der Waals surface area (Å²) in [4.78, 5) is 25.5. The molecule has 3 rings (SSSR count). The summed E-state index contributed by atoms with van der Waals surface area (Å²) in [5, 5.41) is 4.58. The maximum Gasteiger partial charge on any atom is 0.269 e. The molecule has 2 amide bonds. The van der Waals surface area contributed by atoms with Crippen molar-refractivity contribution < 1.29 is 9.59 Å². The van der Waals surface area contributed by atoms with Gasteiger partial charge in [0.1, 0.15) is 0 Å². The lowest BCUT2D eigenvalue weighted by Gasteiger charge is -2.10. The third-order valence-electron chi connectivity index (χ3n) is 4.52. The lowest BCUT2D eigenvalue weighted by Crippen LogP contribution is -2.42. The lowest BCUT2D eigenvalue weighted by molar-refractivity contribution is -0.119. The minimum absolute atomic E-state index is 0.176. The summed E-state index contributed by atoms with van der Waals surface area (Å²) >= 11 is 1.40. The van der Waals surface area contributed by atoms with Crippen LogP contribution in [0.25, 0.3) is 5.69 Å². The van der Waals surface area contributed by atoms with E-state index in [1.54, 1.807) is 6.07 Å². The lowest BCUT2D eigenvalue weighted by atomic mass is 10.1. The molecular weight excluding hydrogens is 384 g/mol. The Labute approximate surface area is 174 Å². The Kier molecular flexibility index (Phi) is 6.39. The van der Waals surface area contributed by atoms with Gasteiger partial charge in [-0.2, -0.15) is 5.10 Å². The van der Waals surface area contributed by atoms with E-state index in [9.17, 15) is 9.59 Å². The van der Waals surface area contributed by atoms with E-state index in [4.69, 9.17) is 0 Å². The van der Waals surface area contributed by atoms with E-state index < -0.39 is 0 Å². The molecular formula is C22H24N4O2S. The molecule has 1 heterocycles. The van der Waals surface area contributed by atoms with E-state index in [1.165, 1.54) is 11.8 Å². The molecule has 0 radical (unpaired) electrons. The molecule has 7 heteroatoms. The van der Waals surface area contributed by atoms with Gasteiger partial charge in [0.05, 0.1) is 27.7 Å². The van der Waals surface area contributed by atoms with Gasteiger partial charge in [-0.05, 0) is 51.5 Å². The highest BCUT2D eigenvalue weighted by Crippen LogP contribution is 2.27. The first-order chi connectivity index (χ1) is 13.9. The van der Waals surface area contributed by atoms with Crippen molar-refractivity contribution >= 4 is 23.6 Å². The van der Waals surface area contributed by atoms with Crippen molar-refractivity contribution in [1.82, 2.24) is 20.6 Å². The number of para-hydroxylation sites is 1. The summed E-state index contributed by atoms with van der Waals surface area (Å²) in [5.41, 5.74) is 10.3. The Balaban J connectivity index is 1.58. The minimum atomic E-state index is -0.329. The fourth-order valence-electron chi connectivity index (χ4n) is 3.09. The zero-order chi connectivity index (χ0) is 21.0. The van der Waals surface area contributed by atoms with Gasteiger partial charge in [-0.15, -0.1) is 11.8 Å². The smallest absolute Gasteiger partial charge is 0.269 e. The summed E-state index contributed by atoms with van der Waals surface area (Å²) in [6.07, 6.45) is 0. The van der Waals surface area contributed by atoms with Crippen molar-refractivity contribution in [1.29, 1.82) is 0 Å². The van der Waals surface area contributed by atoms with Gasteiger partial charge in [-0.3, -0.25) is 20.4 Å². The molecule has 0 bridgehead atoms. The van der Waals surface area contributed by atoms with E-state index in [-0.39, 0.29) is 17.6 Å². The van der Waals surface area contributed by atoms with Crippen LogP contribution in [0.3, 0.4) is 0 Å². The van der Waals surface area contributed by atoms with Crippen molar-refractivity contribution in [3.8, 4) is 5.69 Å². The molecule has 0 aliphatic heterocycles. The molecule has 0 aliphatic carbocycles. The number of nitrogens with one attached hydrogen (secondary N) is 2. The van der Waals surface area contributed by atoms with E-state index in [0.29, 0.717) is 5.56 Å². The van der Waals surface area contributed by atoms with Crippen LogP contribution in [-0.2, 0) is 4.79 Å². The van der Waals surface area contributed by atoms with Crippen molar-refractivity contribution in [3.05, 3.63) is 76.6 Å². The van der Waals surface area contributed by atoms with Gasteiger partial charge in [-0.1, -0.05) is 35.9 Å². The first-order valence-corrected chi connectivity index (χ1v) is 10.3. The van der Waals surface area contributed by atoms with Crippen LogP contribution in [0.1, 0.15) is 32.9 Å². The Morgan fingerprint density at radius 2 is 1.72 bits per heavy atom. The Hall–Kier alpha value is -3.06. The van der Waals surface area contributed by atoms with E-state index in [1.807, 2.05) is 74.8 Å². The fourth-order valence-corrected chi connectivity index (χ4v) is 3.99. The van der Waals surface area contributed by atoms with Crippen molar-refractivity contribution in [2.24, 2.45) is 0 Å². The van der Waals surface area contributed by atoms with Gasteiger partial charge < -0.3 is 0 Å². The first kappa shape index (κ1) is 20.7. The molecule has 1 aromatic heterocycles. The molecule has 2 N–H and O–H groups in total. The SMILES string of the molecule is Cc1ccc(C(=O)NNC(=O)CSc2c(C)nn(-c3ccccc3)c2C)c(C)c1. The summed E-state index contributed by atoms with van der Waals surface area (Å²) in [5.74, 6) is -0.431. The average Bonchev–Trinajstić information content (AvgIpc) is 2.99. The van der Waals surface area contributed by atoms with E-state index in [2.05, 4.69) is 16.0 Å². The largest absolute Gasteiger partial charge is 0.272 e. The number of carbonyl (C=O) groups excluding carboxylic acids is 2. The molecule has 0 aliphatic rings. The van der Waals surface area contributed by atoms with Crippen LogP contribution >= 0.6 is 11.8 Å². The molecule has 0 atom stereocenters. The second-order valence-corrected chi connectivity index (χ2v) is 7.84. The molecule has 29 heavy (non-hydrogen) atoms. The molecule has 3 aromatic rings. The van der Waals surface area contributed by atoms with Gasteiger partial charge in [0, 0.05) is 5.56 Å². The molecule has 0 unspecified atom stereocenters. The minimum Gasteiger partial charge on any atom is -0.272 e. The summed E-state index contributed by atoms with van der Waals surface area (Å²) in [6.45, 7) is 7.75. The predicted molar refractivity (Wildman–Crippen MR) is 115 cm³/mol. The number of aryl methyl sites for hydroxylation is 3. The Bertz CT molecular complexity index is 1040. The quantitative estimate of drug-likeness (QED) is 0.499. The zero-order valence-corrected chi connectivity index (χ0v) is 17.8. The van der Waals surface area contributed by atoms with Crippen LogP contribution < -0.4 is 10.9 Å². The van der Waals surface area contributed by atoms with Crippen LogP contribution in [0.2, 0.25) is 0 Å². The second-order valence-electron chi connectivity index (χ2n) is 6.86. The topological polar surface area (TPSA) is 76.0 Å². The van der Waals surface area contributed by atoms with Gasteiger partial charge in [-0.25, -0.2) is 4.68 Å². The molecule has 2 aromatic carbocycles. The number of thioether (sulfide) groups is 1. The maximum absolute atomic E-state index is 12.3. The highest BCUT2D eigenvalue weighted by atomic mass is 32.2. The van der Waals surface area contributed by atoms with Gasteiger partial charge in [0.25, 0.3) is 5.91 Å². The number of hydrazine groups is 1. The number of aromatic nitrogens is 2. The molecule has 150 valence electrons. The van der Waals surface area contributed by atoms with Gasteiger partial charge in [0.15, 0.2) is 0 Å². The monoisotopic (exact) mass is 408 g/mol. The summed E-state index contributed by atoms with van der Waals surface area (Å²) in [6, 6.07) is 15.4. The summed E-state index contributed by atoms with van der Waals surface area (Å²) in [7, 11) is 0. The van der Waals surface area contributed by atoms with E-state index in [0.717, 1.165) is 33.1 Å². The highest BCUT2D eigenvalue weighted by molar-refractivity contribution is 8.00. The number of rotatable bonds is 5. The Morgan fingerprint density at radius 1 is 1.00 bits per heavy atom. The Morgan fingerprint density at radius 3 is 2.41 bits per heavy atom. The number of carbonyl (C=O) groups is 2. The van der Waals surface area contributed by atoms with Gasteiger partial charge >= 0.3 is 0 Å². The third-order valence-corrected chi connectivity index (χ3v) is 5.80. The molecule has 0 saturated heterocycles. The highest BCUT2D eigenvalue weighted by Gasteiger charge is 2.15. The van der Waals surface area contributed by atoms with Crippen LogP contribution in [0, 0.1) is 27.7 Å².